The fourth-order valence-corrected chi connectivity index (χ4v) is 8.20. The van der Waals surface area contributed by atoms with E-state index in [-0.39, 0.29) is 5.41 Å². The maximum Gasteiger partial charge on any atom is 0.0159 e. The van der Waals surface area contributed by atoms with Gasteiger partial charge in [0.15, 0.2) is 0 Å². The Kier molecular flexibility index (Phi) is 6.71. The Bertz CT molecular complexity index is 2530. The first-order valence-electron chi connectivity index (χ1n) is 17.3. The lowest BCUT2D eigenvalue weighted by Gasteiger charge is -2.23. The highest BCUT2D eigenvalue weighted by atomic mass is 14.4. The molecule has 234 valence electrons. The average molecular weight is 627 g/mol. The highest BCUT2D eigenvalue weighted by Gasteiger charge is 2.36. The van der Waals surface area contributed by atoms with Crippen LogP contribution in [0.2, 0.25) is 0 Å². The molecule has 1 aliphatic rings. The molecule has 0 fully saturated rings. The quantitative estimate of drug-likeness (QED) is 0.171. The van der Waals surface area contributed by atoms with Crippen LogP contribution in [0.3, 0.4) is 0 Å². The molecule has 0 nitrogen and oxygen atoms in total. The molecule has 49 heavy (non-hydrogen) atoms. The van der Waals surface area contributed by atoms with Crippen molar-refractivity contribution < 1.29 is 0 Å². The van der Waals surface area contributed by atoms with Gasteiger partial charge in [-0.2, -0.15) is 0 Å². The summed E-state index contributed by atoms with van der Waals surface area (Å²) in [6.07, 6.45) is 0. The first kappa shape index (κ1) is 29.4. The van der Waals surface area contributed by atoms with Crippen LogP contribution in [0.25, 0.3) is 77.2 Å². The average Bonchev–Trinajstić information content (AvgIpc) is 3.38. The van der Waals surface area contributed by atoms with E-state index in [4.69, 9.17) is 0 Å². The second kappa shape index (κ2) is 11.2. The van der Waals surface area contributed by atoms with E-state index in [0.29, 0.717) is 0 Å². The van der Waals surface area contributed by atoms with Crippen LogP contribution in [0.4, 0.5) is 0 Å². The third-order valence-electron chi connectivity index (χ3n) is 11.1. The fraction of sp³-hybridized carbons (Fsp3) is 0.102. The van der Waals surface area contributed by atoms with Crippen molar-refractivity contribution in [1.29, 1.82) is 0 Å². The summed E-state index contributed by atoms with van der Waals surface area (Å²) < 4.78 is 0. The maximum atomic E-state index is 2.50. The molecule has 0 N–H and O–H groups in total. The number of hydrogen-bond donors (Lipinski definition) is 0. The van der Waals surface area contributed by atoms with E-state index in [1.807, 2.05) is 0 Å². The number of benzene rings is 8. The highest BCUT2D eigenvalue weighted by Crippen LogP contribution is 2.52. The first-order valence-corrected chi connectivity index (χ1v) is 17.3. The molecule has 0 heterocycles. The Balaban J connectivity index is 1.11. The second-order valence-corrected chi connectivity index (χ2v) is 14.2. The highest BCUT2D eigenvalue weighted by molar-refractivity contribution is 6.09. The van der Waals surface area contributed by atoms with Crippen LogP contribution >= 0.6 is 0 Å². The minimum absolute atomic E-state index is 0.101. The SMILES string of the molecule is Cc1c2ccc(-c3ccc(-c4ccccc4)cc3)cc2c(C)c2cc3c(cc12)-c1ccc(-c2ccc(-c4ccccc4)cc2)cc1C3(C)C. The third kappa shape index (κ3) is 4.74. The van der Waals surface area contributed by atoms with Gasteiger partial charge in [-0.3, -0.25) is 0 Å². The minimum atomic E-state index is -0.101. The van der Waals surface area contributed by atoms with Crippen molar-refractivity contribution in [2.75, 3.05) is 0 Å². The summed E-state index contributed by atoms with van der Waals surface area (Å²) in [5.74, 6) is 0. The van der Waals surface area contributed by atoms with Gasteiger partial charge >= 0.3 is 0 Å². The van der Waals surface area contributed by atoms with Crippen molar-refractivity contribution in [2.45, 2.75) is 33.1 Å². The van der Waals surface area contributed by atoms with Crippen molar-refractivity contribution in [3.63, 3.8) is 0 Å². The van der Waals surface area contributed by atoms with Gasteiger partial charge in [-0.1, -0.05) is 147 Å². The van der Waals surface area contributed by atoms with Crippen molar-refractivity contribution in [1.82, 2.24) is 0 Å². The van der Waals surface area contributed by atoms with E-state index in [1.54, 1.807) is 0 Å². The van der Waals surface area contributed by atoms with Gasteiger partial charge in [-0.15, -0.1) is 0 Å². The van der Waals surface area contributed by atoms with Crippen LogP contribution in [-0.2, 0) is 5.41 Å². The van der Waals surface area contributed by atoms with E-state index < -0.39 is 0 Å². The Labute approximate surface area is 289 Å². The maximum absolute atomic E-state index is 2.50. The molecule has 8 aromatic rings. The normalized spacial score (nSPS) is 13.1. The zero-order chi connectivity index (χ0) is 33.3. The molecule has 0 aliphatic heterocycles. The fourth-order valence-electron chi connectivity index (χ4n) is 8.20. The zero-order valence-electron chi connectivity index (χ0n) is 28.5. The van der Waals surface area contributed by atoms with Crippen LogP contribution in [0.5, 0.6) is 0 Å². The molecule has 0 aromatic heterocycles. The zero-order valence-corrected chi connectivity index (χ0v) is 28.5. The Morgan fingerprint density at radius 2 is 0.694 bits per heavy atom. The van der Waals surface area contributed by atoms with Gasteiger partial charge in [-0.05, 0) is 138 Å². The van der Waals surface area contributed by atoms with E-state index in [2.05, 4.69) is 185 Å². The number of fused-ring (bicyclic) bond motifs is 5. The Hall–Kier alpha value is -5.72. The molecule has 9 rings (SSSR count). The van der Waals surface area contributed by atoms with Gasteiger partial charge in [0.05, 0.1) is 0 Å². The van der Waals surface area contributed by atoms with Gasteiger partial charge < -0.3 is 0 Å². The Morgan fingerprint density at radius 3 is 1.27 bits per heavy atom. The lowest BCUT2D eigenvalue weighted by Crippen LogP contribution is -2.15. The molecule has 0 heteroatoms. The molecule has 0 saturated carbocycles. The molecule has 0 atom stereocenters. The summed E-state index contributed by atoms with van der Waals surface area (Å²) in [4.78, 5) is 0. The molecule has 1 aliphatic carbocycles. The first-order chi connectivity index (χ1) is 23.9. The number of rotatable bonds is 4. The van der Waals surface area contributed by atoms with Gasteiger partial charge in [0.25, 0.3) is 0 Å². The summed E-state index contributed by atoms with van der Waals surface area (Å²) in [7, 11) is 0. The molecule has 0 bridgehead atoms. The van der Waals surface area contributed by atoms with Crippen molar-refractivity contribution >= 4 is 21.5 Å². The van der Waals surface area contributed by atoms with Crippen molar-refractivity contribution in [2.24, 2.45) is 0 Å². The van der Waals surface area contributed by atoms with Crippen LogP contribution in [-0.4, -0.2) is 0 Å². The second-order valence-electron chi connectivity index (χ2n) is 14.2. The van der Waals surface area contributed by atoms with Gasteiger partial charge in [-0.25, -0.2) is 0 Å². The van der Waals surface area contributed by atoms with Crippen LogP contribution in [0, 0.1) is 13.8 Å². The topological polar surface area (TPSA) is 0 Å². The summed E-state index contributed by atoms with van der Waals surface area (Å²) in [5, 5.41) is 5.39. The smallest absolute Gasteiger partial charge is 0.0159 e. The van der Waals surface area contributed by atoms with Gasteiger partial charge in [0.2, 0.25) is 0 Å². The predicted octanol–water partition coefficient (Wildman–Crippen LogP) is 13.6. The van der Waals surface area contributed by atoms with E-state index >= 15 is 0 Å². The van der Waals surface area contributed by atoms with Crippen LogP contribution < -0.4 is 0 Å². The molecule has 0 spiro atoms. The standard InChI is InChI=1S/C49H38/c1-31-41-25-23-39(37-19-15-35(16-20-37)33-11-7-5-8-12-33)27-43(41)32(2)45-30-48-46(29-44(31)45)42-26-24-40(28-47(42)49(48,3)4)38-21-17-36(18-22-38)34-13-9-6-10-14-34/h5-30H,1-4H3. The number of hydrogen-bond acceptors (Lipinski definition) is 0. The lowest BCUT2D eigenvalue weighted by molar-refractivity contribution is 0.661. The molecular formula is C49H38. The summed E-state index contributed by atoms with van der Waals surface area (Å²) in [5.41, 5.74) is 18.2. The van der Waals surface area contributed by atoms with Crippen molar-refractivity contribution in [3.05, 3.63) is 180 Å². The molecule has 8 aromatic carbocycles. The molecule has 0 saturated heterocycles. The predicted molar refractivity (Wildman–Crippen MR) is 210 cm³/mol. The monoisotopic (exact) mass is 626 g/mol. The third-order valence-corrected chi connectivity index (χ3v) is 11.1. The van der Waals surface area contributed by atoms with Gasteiger partial charge in [0.1, 0.15) is 0 Å². The largest absolute Gasteiger partial charge is 0.0622 e. The van der Waals surface area contributed by atoms with Crippen LogP contribution in [0.15, 0.2) is 158 Å². The summed E-state index contributed by atoms with van der Waals surface area (Å²) in [6, 6.07) is 58.3. The van der Waals surface area contributed by atoms with E-state index in [0.717, 1.165) is 0 Å². The summed E-state index contributed by atoms with van der Waals surface area (Å²) in [6.45, 7) is 9.40. The van der Waals surface area contributed by atoms with E-state index in [1.165, 1.54) is 99.4 Å². The molecular weight excluding hydrogens is 589 g/mol. The summed E-state index contributed by atoms with van der Waals surface area (Å²) >= 11 is 0. The molecule has 0 amide bonds. The minimum Gasteiger partial charge on any atom is -0.0622 e. The van der Waals surface area contributed by atoms with Gasteiger partial charge in [0, 0.05) is 5.41 Å². The number of aryl methyl sites for hydroxylation is 2. The molecule has 0 unspecified atom stereocenters. The van der Waals surface area contributed by atoms with Crippen LogP contribution in [0.1, 0.15) is 36.1 Å². The van der Waals surface area contributed by atoms with E-state index in [9.17, 15) is 0 Å². The molecule has 0 radical (unpaired) electrons. The lowest BCUT2D eigenvalue weighted by atomic mass is 9.80. The Morgan fingerprint density at radius 1 is 0.306 bits per heavy atom. The van der Waals surface area contributed by atoms with Crippen molar-refractivity contribution in [3.8, 4) is 55.6 Å².